The summed E-state index contributed by atoms with van der Waals surface area (Å²) < 4.78 is 13.3. The lowest BCUT2D eigenvalue weighted by Gasteiger charge is -2.10. The molecule has 1 N–H and O–H groups in total. The van der Waals surface area contributed by atoms with Crippen LogP contribution in [0.25, 0.3) is 22.6 Å². The van der Waals surface area contributed by atoms with Crippen molar-refractivity contribution in [2.24, 2.45) is 0 Å². The topological polar surface area (TPSA) is 82.2 Å². The Balaban J connectivity index is 1.45. The number of para-hydroxylation sites is 1. The number of aromatic nitrogens is 3. The number of benzene rings is 1. The number of furan rings is 1. The van der Waals surface area contributed by atoms with Crippen molar-refractivity contribution in [3.05, 3.63) is 43.0 Å². The van der Waals surface area contributed by atoms with E-state index in [0.29, 0.717) is 29.8 Å². The van der Waals surface area contributed by atoms with Crippen LogP contribution in [-0.4, -0.2) is 45.7 Å². The molecular formula is C20H22N4O3S. The van der Waals surface area contributed by atoms with E-state index in [0.717, 1.165) is 30.4 Å². The second kappa shape index (κ2) is 8.62. The van der Waals surface area contributed by atoms with Gasteiger partial charge >= 0.3 is 0 Å². The molecule has 3 heterocycles. The van der Waals surface area contributed by atoms with Gasteiger partial charge in [-0.3, -0.25) is 9.36 Å². The Morgan fingerprint density at radius 3 is 3.07 bits per heavy atom. The van der Waals surface area contributed by atoms with Crippen molar-refractivity contribution < 1.29 is 13.9 Å². The quantitative estimate of drug-likeness (QED) is 0.463. The molecule has 2 aromatic heterocycles. The number of hydrogen-bond acceptors (Lipinski definition) is 6. The molecule has 0 unspecified atom stereocenters. The van der Waals surface area contributed by atoms with Crippen LogP contribution in [-0.2, 0) is 16.1 Å². The summed E-state index contributed by atoms with van der Waals surface area (Å²) in [7, 11) is 0. The largest absolute Gasteiger partial charge is 0.453 e. The van der Waals surface area contributed by atoms with Crippen LogP contribution in [0.2, 0.25) is 0 Å². The predicted octanol–water partition coefficient (Wildman–Crippen LogP) is 3.26. The van der Waals surface area contributed by atoms with Gasteiger partial charge in [0.25, 0.3) is 0 Å². The van der Waals surface area contributed by atoms with Gasteiger partial charge in [-0.1, -0.05) is 36.0 Å². The Morgan fingerprint density at radius 1 is 1.39 bits per heavy atom. The monoisotopic (exact) mass is 398 g/mol. The zero-order chi connectivity index (χ0) is 19.3. The summed E-state index contributed by atoms with van der Waals surface area (Å²) in [6.45, 7) is 5.68. The minimum Gasteiger partial charge on any atom is -0.453 e. The molecule has 1 amide bonds. The summed E-state index contributed by atoms with van der Waals surface area (Å²) in [6, 6.07) is 9.75. The number of hydrogen-bond donors (Lipinski definition) is 1. The smallest absolute Gasteiger partial charge is 0.230 e. The summed E-state index contributed by atoms with van der Waals surface area (Å²) in [4.78, 5) is 12.2. The van der Waals surface area contributed by atoms with Crippen molar-refractivity contribution in [2.45, 2.75) is 30.6 Å². The molecule has 3 aromatic rings. The second-order valence-corrected chi connectivity index (χ2v) is 7.52. The Bertz CT molecular complexity index is 942. The number of ether oxygens (including phenoxy) is 1. The highest BCUT2D eigenvalue weighted by atomic mass is 32.2. The first kappa shape index (κ1) is 18.8. The minimum absolute atomic E-state index is 0.0426. The maximum absolute atomic E-state index is 12.2. The molecule has 0 bridgehead atoms. The van der Waals surface area contributed by atoms with Crippen molar-refractivity contribution in [1.29, 1.82) is 0 Å². The van der Waals surface area contributed by atoms with Crippen molar-refractivity contribution in [1.82, 2.24) is 20.1 Å². The van der Waals surface area contributed by atoms with E-state index in [4.69, 9.17) is 9.15 Å². The van der Waals surface area contributed by atoms with Crippen LogP contribution < -0.4 is 5.32 Å². The van der Waals surface area contributed by atoms with Gasteiger partial charge in [0.05, 0.1) is 11.9 Å². The molecular weight excluding hydrogens is 376 g/mol. The molecule has 0 saturated carbocycles. The van der Waals surface area contributed by atoms with Crippen LogP contribution in [0.4, 0.5) is 0 Å². The van der Waals surface area contributed by atoms with Gasteiger partial charge in [-0.15, -0.1) is 16.8 Å². The lowest BCUT2D eigenvalue weighted by atomic mass is 10.2. The first-order chi connectivity index (χ1) is 13.7. The molecule has 0 radical (unpaired) electrons. The highest BCUT2D eigenvalue weighted by Gasteiger charge is 2.19. The van der Waals surface area contributed by atoms with Gasteiger partial charge < -0.3 is 14.5 Å². The molecule has 1 atom stereocenters. The van der Waals surface area contributed by atoms with Crippen molar-refractivity contribution in [2.75, 3.05) is 18.9 Å². The average Bonchev–Trinajstić information content (AvgIpc) is 3.44. The minimum atomic E-state index is -0.0426. The molecule has 7 nitrogen and oxygen atoms in total. The van der Waals surface area contributed by atoms with E-state index >= 15 is 0 Å². The molecule has 4 rings (SSSR count). The molecule has 1 aromatic carbocycles. The average molecular weight is 398 g/mol. The Morgan fingerprint density at radius 2 is 2.29 bits per heavy atom. The number of thioether (sulfide) groups is 1. The van der Waals surface area contributed by atoms with Crippen LogP contribution >= 0.6 is 11.8 Å². The molecule has 8 heteroatoms. The van der Waals surface area contributed by atoms with Crippen molar-refractivity contribution >= 4 is 28.6 Å². The van der Waals surface area contributed by atoms with E-state index in [1.165, 1.54) is 11.8 Å². The SMILES string of the molecule is C=CCn1c(SCC(=O)NC[C@H]2CCCO2)nnc1-c1cc2ccccc2o1. The Hall–Kier alpha value is -2.58. The number of allylic oxidation sites excluding steroid dienone is 1. The number of nitrogens with one attached hydrogen (secondary N) is 1. The van der Waals surface area contributed by atoms with E-state index in [2.05, 4.69) is 22.1 Å². The Labute approximate surface area is 167 Å². The first-order valence-corrected chi connectivity index (χ1v) is 10.3. The second-order valence-electron chi connectivity index (χ2n) is 6.58. The third-order valence-electron chi connectivity index (χ3n) is 4.56. The number of carbonyl (C=O) groups is 1. The molecule has 1 aliphatic heterocycles. The number of amides is 1. The van der Waals surface area contributed by atoms with Gasteiger partial charge in [0, 0.05) is 25.1 Å². The molecule has 1 aliphatic rings. The van der Waals surface area contributed by atoms with E-state index in [1.807, 2.05) is 34.9 Å². The van der Waals surface area contributed by atoms with Gasteiger partial charge in [0.15, 0.2) is 10.9 Å². The van der Waals surface area contributed by atoms with Gasteiger partial charge in [-0.2, -0.15) is 0 Å². The summed E-state index contributed by atoms with van der Waals surface area (Å²) in [5.74, 6) is 1.49. The third kappa shape index (κ3) is 4.13. The van der Waals surface area contributed by atoms with Gasteiger partial charge in [0.1, 0.15) is 5.58 Å². The van der Waals surface area contributed by atoms with E-state index in [-0.39, 0.29) is 17.8 Å². The summed E-state index contributed by atoms with van der Waals surface area (Å²) in [5, 5.41) is 13.1. The maximum Gasteiger partial charge on any atom is 0.230 e. The van der Waals surface area contributed by atoms with Crippen LogP contribution in [0.5, 0.6) is 0 Å². The molecule has 0 aliphatic carbocycles. The predicted molar refractivity (Wildman–Crippen MR) is 108 cm³/mol. The highest BCUT2D eigenvalue weighted by Crippen LogP contribution is 2.29. The van der Waals surface area contributed by atoms with Gasteiger partial charge in [0.2, 0.25) is 11.7 Å². The molecule has 0 spiro atoms. The van der Waals surface area contributed by atoms with Crippen molar-refractivity contribution in [3.63, 3.8) is 0 Å². The molecule has 28 heavy (non-hydrogen) atoms. The number of rotatable bonds is 8. The zero-order valence-corrected chi connectivity index (χ0v) is 16.3. The third-order valence-corrected chi connectivity index (χ3v) is 5.52. The van der Waals surface area contributed by atoms with Gasteiger partial charge in [-0.05, 0) is 25.0 Å². The van der Waals surface area contributed by atoms with E-state index < -0.39 is 0 Å². The maximum atomic E-state index is 12.2. The van der Waals surface area contributed by atoms with E-state index in [1.54, 1.807) is 6.08 Å². The van der Waals surface area contributed by atoms with Crippen molar-refractivity contribution in [3.8, 4) is 11.6 Å². The van der Waals surface area contributed by atoms with Crippen LogP contribution in [0.15, 0.2) is 52.6 Å². The normalized spacial score (nSPS) is 16.5. The van der Waals surface area contributed by atoms with Crippen LogP contribution in [0, 0.1) is 0 Å². The van der Waals surface area contributed by atoms with Crippen LogP contribution in [0.1, 0.15) is 12.8 Å². The van der Waals surface area contributed by atoms with Gasteiger partial charge in [-0.25, -0.2) is 0 Å². The lowest BCUT2D eigenvalue weighted by Crippen LogP contribution is -2.32. The number of fused-ring (bicyclic) bond motifs is 1. The molecule has 1 saturated heterocycles. The lowest BCUT2D eigenvalue weighted by molar-refractivity contribution is -0.119. The molecule has 146 valence electrons. The number of nitrogens with zero attached hydrogens (tertiary/aromatic N) is 3. The fourth-order valence-corrected chi connectivity index (χ4v) is 3.96. The first-order valence-electron chi connectivity index (χ1n) is 9.29. The fraction of sp³-hybridized carbons (Fsp3) is 0.350. The highest BCUT2D eigenvalue weighted by molar-refractivity contribution is 7.99. The summed E-state index contributed by atoms with van der Waals surface area (Å²) in [5.41, 5.74) is 0.799. The van der Waals surface area contributed by atoms with Crippen LogP contribution in [0.3, 0.4) is 0 Å². The number of carbonyl (C=O) groups excluding carboxylic acids is 1. The summed E-state index contributed by atoms with van der Waals surface area (Å²) >= 11 is 1.35. The summed E-state index contributed by atoms with van der Waals surface area (Å²) in [6.07, 6.45) is 3.97. The standard InChI is InChI=1S/C20H22N4O3S/c1-2-9-24-19(17-11-14-6-3-4-8-16(14)27-17)22-23-20(24)28-13-18(25)21-12-15-7-5-10-26-15/h2-4,6,8,11,15H,1,5,7,9-10,12-13H2,(H,21,25)/t15-/m1/s1. The Kier molecular flexibility index (Phi) is 5.78. The fourth-order valence-electron chi connectivity index (χ4n) is 3.18. The molecule has 1 fully saturated rings. The zero-order valence-electron chi connectivity index (χ0n) is 15.5. The van der Waals surface area contributed by atoms with E-state index in [9.17, 15) is 4.79 Å².